The van der Waals surface area contributed by atoms with Crippen LogP contribution in [0.4, 0.5) is 0 Å². The van der Waals surface area contributed by atoms with Gasteiger partial charge in [0.15, 0.2) is 11.5 Å². The second kappa shape index (κ2) is 4.06. The second-order valence-electron chi connectivity index (χ2n) is 3.20. The van der Waals surface area contributed by atoms with Crippen molar-refractivity contribution >= 4 is 23.1 Å². The number of aliphatic imine (C=N–C) groups is 2. The van der Waals surface area contributed by atoms with E-state index in [4.69, 9.17) is 21.1 Å². The van der Waals surface area contributed by atoms with Gasteiger partial charge in [-0.05, 0) is 12.2 Å². The summed E-state index contributed by atoms with van der Waals surface area (Å²) < 4.78 is 10.4. The average molecular weight is 227 g/mol. The molecular formula is C10H11ClN2O2. The molecule has 2 unspecified atom stereocenters. The van der Waals surface area contributed by atoms with Crippen LogP contribution in [-0.2, 0) is 9.47 Å². The van der Waals surface area contributed by atoms with Crippen molar-refractivity contribution < 1.29 is 9.47 Å². The minimum Gasteiger partial charge on any atom is -0.493 e. The van der Waals surface area contributed by atoms with Gasteiger partial charge in [-0.25, -0.2) is 4.99 Å². The molecular weight excluding hydrogens is 216 g/mol. The summed E-state index contributed by atoms with van der Waals surface area (Å²) in [7, 11) is 3.19. The largest absolute Gasteiger partial charge is 0.493 e. The van der Waals surface area contributed by atoms with Gasteiger partial charge in [0.1, 0.15) is 11.5 Å². The number of halogens is 1. The van der Waals surface area contributed by atoms with E-state index in [2.05, 4.69) is 9.98 Å². The van der Waals surface area contributed by atoms with Gasteiger partial charge in [-0.1, -0.05) is 11.6 Å². The molecule has 0 saturated carbocycles. The van der Waals surface area contributed by atoms with Crippen LogP contribution in [-0.4, -0.2) is 31.8 Å². The zero-order valence-corrected chi connectivity index (χ0v) is 9.23. The van der Waals surface area contributed by atoms with E-state index in [1.54, 1.807) is 14.2 Å². The van der Waals surface area contributed by atoms with Crippen LogP contribution in [0.1, 0.15) is 0 Å². The third-order valence-corrected chi connectivity index (χ3v) is 2.75. The molecule has 5 heteroatoms. The standard InChI is InChI=1S/C10H11ClN2O2/c1-14-8-3-6-7(4-9(8)15-2)12-5-13-10(6)11/h3-7H,1-2H3. The van der Waals surface area contributed by atoms with Gasteiger partial charge in [-0.3, -0.25) is 4.99 Å². The van der Waals surface area contributed by atoms with Gasteiger partial charge >= 0.3 is 0 Å². The lowest BCUT2D eigenvalue weighted by atomic mass is 9.94. The van der Waals surface area contributed by atoms with Crippen molar-refractivity contribution in [1.29, 1.82) is 0 Å². The maximum absolute atomic E-state index is 5.99. The topological polar surface area (TPSA) is 43.2 Å². The van der Waals surface area contributed by atoms with E-state index >= 15 is 0 Å². The average Bonchev–Trinajstić information content (AvgIpc) is 2.28. The van der Waals surface area contributed by atoms with Crippen molar-refractivity contribution in [2.75, 3.05) is 14.2 Å². The molecule has 0 aromatic heterocycles. The molecule has 80 valence electrons. The lowest BCUT2D eigenvalue weighted by Gasteiger charge is -2.25. The van der Waals surface area contributed by atoms with Crippen LogP contribution in [0.5, 0.6) is 0 Å². The Balaban J connectivity index is 2.34. The van der Waals surface area contributed by atoms with Crippen LogP contribution in [0.3, 0.4) is 0 Å². The van der Waals surface area contributed by atoms with Crippen molar-refractivity contribution in [2.45, 2.75) is 6.04 Å². The van der Waals surface area contributed by atoms with Gasteiger partial charge in [0.2, 0.25) is 0 Å². The predicted molar refractivity (Wildman–Crippen MR) is 59.2 cm³/mol. The number of ether oxygens (including phenoxy) is 2. The van der Waals surface area contributed by atoms with E-state index < -0.39 is 0 Å². The van der Waals surface area contributed by atoms with Gasteiger partial charge < -0.3 is 9.47 Å². The van der Waals surface area contributed by atoms with Crippen molar-refractivity contribution in [3.8, 4) is 0 Å². The Bertz CT molecular complexity index is 385. The molecule has 0 N–H and O–H groups in total. The Morgan fingerprint density at radius 1 is 1.20 bits per heavy atom. The normalized spacial score (nSPS) is 28.6. The summed E-state index contributed by atoms with van der Waals surface area (Å²) in [5.74, 6) is 1.32. The number of hydrogen-bond acceptors (Lipinski definition) is 4. The van der Waals surface area contributed by atoms with Gasteiger partial charge in [0.05, 0.1) is 26.2 Å². The van der Waals surface area contributed by atoms with E-state index in [-0.39, 0.29) is 12.0 Å². The lowest BCUT2D eigenvalue weighted by Crippen LogP contribution is -2.28. The predicted octanol–water partition coefficient (Wildman–Crippen LogP) is 1.72. The number of hydrogen-bond donors (Lipinski definition) is 0. The first-order valence-electron chi connectivity index (χ1n) is 4.53. The maximum Gasteiger partial charge on any atom is 0.158 e. The highest BCUT2D eigenvalue weighted by Crippen LogP contribution is 2.29. The van der Waals surface area contributed by atoms with Gasteiger partial charge in [0, 0.05) is 0 Å². The monoisotopic (exact) mass is 226 g/mol. The van der Waals surface area contributed by atoms with Crippen molar-refractivity contribution in [1.82, 2.24) is 0 Å². The first-order chi connectivity index (χ1) is 7.26. The molecule has 0 fully saturated rings. The molecule has 2 atom stereocenters. The number of rotatable bonds is 2. The SMILES string of the molecule is COC1=CC2N=CN=C(Cl)C2C=C1OC. The summed E-state index contributed by atoms with van der Waals surface area (Å²) in [5.41, 5.74) is 0. The molecule has 0 bridgehead atoms. The van der Waals surface area contributed by atoms with E-state index in [1.807, 2.05) is 12.2 Å². The number of fused-ring (bicyclic) bond motifs is 1. The lowest BCUT2D eigenvalue weighted by molar-refractivity contribution is 0.212. The second-order valence-corrected chi connectivity index (χ2v) is 3.59. The van der Waals surface area contributed by atoms with Gasteiger partial charge in [0.25, 0.3) is 0 Å². The van der Waals surface area contributed by atoms with Crippen LogP contribution in [0.15, 0.2) is 33.7 Å². The third kappa shape index (κ3) is 1.77. The van der Waals surface area contributed by atoms with Gasteiger partial charge in [-0.2, -0.15) is 0 Å². The Morgan fingerprint density at radius 2 is 1.87 bits per heavy atom. The molecule has 0 aromatic carbocycles. The first kappa shape index (κ1) is 10.2. The molecule has 0 radical (unpaired) electrons. The molecule has 1 heterocycles. The molecule has 15 heavy (non-hydrogen) atoms. The van der Waals surface area contributed by atoms with Crippen molar-refractivity contribution in [3.05, 3.63) is 23.7 Å². The first-order valence-corrected chi connectivity index (χ1v) is 4.91. The number of methoxy groups -OCH3 is 2. The zero-order valence-electron chi connectivity index (χ0n) is 8.48. The van der Waals surface area contributed by atoms with Crippen LogP contribution in [0.25, 0.3) is 0 Å². The Morgan fingerprint density at radius 3 is 2.53 bits per heavy atom. The van der Waals surface area contributed by atoms with Crippen LogP contribution in [0.2, 0.25) is 0 Å². The Kier molecular flexibility index (Phi) is 2.77. The Labute approximate surface area is 93.0 Å². The zero-order chi connectivity index (χ0) is 10.8. The van der Waals surface area contributed by atoms with Crippen LogP contribution < -0.4 is 0 Å². The fraction of sp³-hybridized carbons (Fsp3) is 0.400. The molecule has 2 rings (SSSR count). The fourth-order valence-electron chi connectivity index (χ4n) is 1.62. The van der Waals surface area contributed by atoms with Crippen molar-refractivity contribution in [2.24, 2.45) is 15.9 Å². The highest BCUT2D eigenvalue weighted by molar-refractivity contribution is 6.66. The summed E-state index contributed by atoms with van der Waals surface area (Å²) in [5, 5.41) is 0.524. The highest BCUT2D eigenvalue weighted by atomic mass is 35.5. The minimum atomic E-state index is -0.0381. The maximum atomic E-state index is 5.99. The quantitative estimate of drug-likeness (QED) is 0.720. The highest BCUT2D eigenvalue weighted by Gasteiger charge is 2.30. The van der Waals surface area contributed by atoms with Gasteiger partial charge in [-0.15, -0.1) is 0 Å². The van der Waals surface area contributed by atoms with Crippen LogP contribution >= 0.6 is 11.6 Å². The summed E-state index contributed by atoms with van der Waals surface area (Å²) in [4.78, 5) is 8.17. The molecule has 0 amide bonds. The van der Waals surface area contributed by atoms with Crippen molar-refractivity contribution in [3.63, 3.8) is 0 Å². The number of nitrogens with zero attached hydrogens (tertiary/aromatic N) is 2. The summed E-state index contributed by atoms with van der Waals surface area (Å²) in [6, 6.07) is -0.0381. The smallest absolute Gasteiger partial charge is 0.158 e. The Hall–Kier alpha value is -1.29. The fourth-order valence-corrected chi connectivity index (χ4v) is 1.85. The summed E-state index contributed by atoms with van der Waals surface area (Å²) in [6.07, 6.45) is 5.24. The van der Waals surface area contributed by atoms with E-state index in [9.17, 15) is 0 Å². The molecule has 4 nitrogen and oxygen atoms in total. The van der Waals surface area contributed by atoms with Crippen LogP contribution in [0, 0.1) is 5.92 Å². The summed E-state index contributed by atoms with van der Waals surface area (Å²) in [6.45, 7) is 0. The molecule has 2 aliphatic rings. The summed E-state index contributed by atoms with van der Waals surface area (Å²) >= 11 is 5.99. The molecule has 1 aliphatic heterocycles. The van der Waals surface area contributed by atoms with E-state index in [0.717, 1.165) is 0 Å². The van der Waals surface area contributed by atoms with E-state index in [1.165, 1.54) is 6.34 Å². The third-order valence-electron chi connectivity index (χ3n) is 2.40. The molecule has 0 saturated heterocycles. The molecule has 0 aromatic rings. The van der Waals surface area contributed by atoms with E-state index in [0.29, 0.717) is 16.7 Å². The molecule has 0 spiro atoms. The minimum absolute atomic E-state index is 0.0366. The molecule has 1 aliphatic carbocycles.